The Labute approximate surface area is 174 Å². The minimum atomic E-state index is -0.635. The molecule has 1 atom stereocenters. The van der Waals surface area contributed by atoms with Crippen LogP contribution < -0.4 is 15.4 Å². The average Bonchev–Trinajstić information content (AvgIpc) is 3.48. The van der Waals surface area contributed by atoms with Crippen LogP contribution in [0.3, 0.4) is 0 Å². The van der Waals surface area contributed by atoms with E-state index in [4.69, 9.17) is 9.47 Å². The fourth-order valence-corrected chi connectivity index (χ4v) is 3.90. The third-order valence-electron chi connectivity index (χ3n) is 4.97. The van der Waals surface area contributed by atoms with Crippen LogP contribution in [0, 0.1) is 17.8 Å². The summed E-state index contributed by atoms with van der Waals surface area (Å²) in [6, 6.07) is 1.06. The number of nitrogens with zero attached hydrogens (tertiary/aromatic N) is 1. The molecule has 0 bridgehead atoms. The highest BCUT2D eigenvalue weighted by Crippen LogP contribution is 2.51. The number of aromatic nitrogens is 1. The van der Waals surface area contributed by atoms with Gasteiger partial charge in [-0.2, -0.15) is 0 Å². The van der Waals surface area contributed by atoms with E-state index in [1.807, 2.05) is 0 Å². The van der Waals surface area contributed by atoms with Gasteiger partial charge in [-0.05, 0) is 80.1 Å². The molecule has 0 unspecified atom stereocenters. The van der Waals surface area contributed by atoms with E-state index >= 15 is 0 Å². The summed E-state index contributed by atoms with van der Waals surface area (Å²) in [6.45, 7) is 5.42. The Balaban J connectivity index is 1.77. The van der Waals surface area contributed by atoms with Gasteiger partial charge in [-0.1, -0.05) is 0 Å². The number of halogens is 1. The first kappa shape index (κ1) is 20.9. The summed E-state index contributed by atoms with van der Waals surface area (Å²) in [5, 5.41) is 5.73. The maximum Gasteiger partial charge on any atom is 0.408 e. The van der Waals surface area contributed by atoms with E-state index in [9.17, 15) is 9.59 Å². The lowest BCUT2D eigenvalue weighted by atomic mass is 9.88. The molecule has 3 rings (SSSR count). The molecule has 2 fully saturated rings. The number of alkyl carbamates (subject to hydrolysis) is 1. The minimum Gasteiger partial charge on any atom is -0.494 e. The predicted octanol–water partition coefficient (Wildman–Crippen LogP) is 4.12. The fraction of sp³-hybridized carbons (Fsp3) is 0.650. The second-order valence-corrected chi connectivity index (χ2v) is 9.33. The number of anilines is 1. The Morgan fingerprint density at radius 2 is 1.82 bits per heavy atom. The number of rotatable bonds is 7. The van der Waals surface area contributed by atoms with E-state index in [0.29, 0.717) is 27.9 Å². The topological polar surface area (TPSA) is 89.6 Å². The molecule has 0 aliphatic heterocycles. The van der Waals surface area contributed by atoms with Crippen LogP contribution in [0.15, 0.2) is 16.9 Å². The first-order valence-corrected chi connectivity index (χ1v) is 10.5. The average molecular weight is 454 g/mol. The van der Waals surface area contributed by atoms with Gasteiger partial charge in [0.15, 0.2) is 5.75 Å². The van der Waals surface area contributed by atoms with Crippen LogP contribution in [-0.2, 0) is 9.53 Å². The highest BCUT2D eigenvalue weighted by Gasteiger charge is 2.48. The zero-order valence-corrected chi connectivity index (χ0v) is 18.3. The Kier molecular flexibility index (Phi) is 6.17. The monoisotopic (exact) mass is 453 g/mol. The van der Waals surface area contributed by atoms with Crippen molar-refractivity contribution in [3.8, 4) is 5.75 Å². The summed E-state index contributed by atoms with van der Waals surface area (Å²) in [6.07, 6.45) is 5.41. The first-order chi connectivity index (χ1) is 13.2. The van der Waals surface area contributed by atoms with Crippen LogP contribution in [0.1, 0.15) is 46.5 Å². The van der Waals surface area contributed by atoms with E-state index in [1.165, 1.54) is 7.11 Å². The van der Waals surface area contributed by atoms with Crippen molar-refractivity contribution in [3.05, 3.63) is 16.9 Å². The summed E-state index contributed by atoms with van der Waals surface area (Å²) in [7, 11) is 1.54. The number of carbonyl (C=O) groups is 2. The van der Waals surface area contributed by atoms with E-state index in [1.54, 1.807) is 33.0 Å². The molecule has 2 aliphatic carbocycles. The van der Waals surface area contributed by atoms with Crippen molar-refractivity contribution >= 4 is 33.6 Å². The molecule has 2 aliphatic rings. The highest BCUT2D eigenvalue weighted by molar-refractivity contribution is 9.10. The van der Waals surface area contributed by atoms with Gasteiger partial charge in [0.25, 0.3) is 0 Å². The molecule has 2 saturated carbocycles. The van der Waals surface area contributed by atoms with E-state index in [0.717, 1.165) is 25.7 Å². The van der Waals surface area contributed by atoms with E-state index in [-0.39, 0.29) is 11.8 Å². The molecule has 0 radical (unpaired) electrons. The standard InChI is InChI=1S/C20H28BrN3O4/c1-20(2,3)28-19(26)24-16(15(11-5-6-11)12-7-8-12)18(25)23-13-9-14(27-4)17(21)22-10-13/h9-12,15-16H,5-8H2,1-4H3,(H,23,25)(H,24,26)/t16-/m0/s1. The molecule has 2 N–H and O–H groups in total. The van der Waals surface area contributed by atoms with Crippen molar-refractivity contribution in [2.45, 2.75) is 58.1 Å². The Morgan fingerprint density at radius 3 is 2.32 bits per heavy atom. The summed E-state index contributed by atoms with van der Waals surface area (Å²) >= 11 is 3.30. The van der Waals surface area contributed by atoms with Gasteiger partial charge in [0.1, 0.15) is 16.2 Å². The lowest BCUT2D eigenvalue weighted by Gasteiger charge is -2.29. The smallest absolute Gasteiger partial charge is 0.408 e. The van der Waals surface area contributed by atoms with Crippen molar-refractivity contribution in [1.29, 1.82) is 0 Å². The lowest BCUT2D eigenvalue weighted by Crippen LogP contribution is -2.51. The highest BCUT2D eigenvalue weighted by atomic mass is 79.9. The van der Waals surface area contributed by atoms with Crippen LogP contribution in [0.2, 0.25) is 0 Å². The maximum absolute atomic E-state index is 13.1. The molecule has 1 aromatic heterocycles. The predicted molar refractivity (Wildman–Crippen MR) is 109 cm³/mol. The van der Waals surface area contributed by atoms with Crippen LogP contribution in [0.25, 0.3) is 0 Å². The van der Waals surface area contributed by atoms with Gasteiger partial charge < -0.3 is 20.1 Å². The number of pyridine rings is 1. The first-order valence-electron chi connectivity index (χ1n) is 9.68. The van der Waals surface area contributed by atoms with E-state index in [2.05, 4.69) is 31.5 Å². The number of methoxy groups -OCH3 is 1. The number of hydrogen-bond acceptors (Lipinski definition) is 5. The van der Waals surface area contributed by atoms with Crippen molar-refractivity contribution < 1.29 is 19.1 Å². The number of nitrogens with one attached hydrogen (secondary N) is 2. The molecule has 2 amide bonds. The molecule has 1 aromatic rings. The molecule has 7 nitrogen and oxygen atoms in total. The second kappa shape index (κ2) is 8.27. The Bertz CT molecular complexity index is 729. The van der Waals surface area contributed by atoms with Crippen molar-refractivity contribution in [2.24, 2.45) is 17.8 Å². The van der Waals surface area contributed by atoms with Crippen molar-refractivity contribution in [2.75, 3.05) is 12.4 Å². The van der Waals surface area contributed by atoms with Gasteiger partial charge in [0.2, 0.25) is 5.91 Å². The summed E-state index contributed by atoms with van der Waals surface area (Å²) in [5.74, 6) is 1.38. The lowest BCUT2D eigenvalue weighted by molar-refractivity contribution is -0.120. The SMILES string of the molecule is COc1cc(NC(=O)[C@@H](NC(=O)OC(C)(C)C)C(C2CC2)C2CC2)cnc1Br. The number of amides is 2. The van der Waals surface area contributed by atoms with Crippen molar-refractivity contribution in [3.63, 3.8) is 0 Å². The zero-order valence-electron chi connectivity index (χ0n) is 16.8. The number of hydrogen-bond donors (Lipinski definition) is 2. The molecule has 8 heteroatoms. The maximum atomic E-state index is 13.1. The van der Waals surface area contributed by atoms with E-state index < -0.39 is 17.7 Å². The van der Waals surface area contributed by atoms with Gasteiger partial charge >= 0.3 is 6.09 Å². The summed E-state index contributed by atoms with van der Waals surface area (Å²) in [4.78, 5) is 29.7. The fourth-order valence-electron chi connectivity index (χ4n) is 3.52. The number of ether oxygens (including phenoxy) is 2. The Morgan fingerprint density at radius 1 is 1.21 bits per heavy atom. The van der Waals surface area contributed by atoms with Crippen LogP contribution in [0.4, 0.5) is 10.5 Å². The molecular formula is C20H28BrN3O4. The van der Waals surface area contributed by atoms with Gasteiger partial charge in [0, 0.05) is 6.07 Å². The number of carbonyl (C=O) groups excluding carboxylic acids is 2. The van der Waals surface area contributed by atoms with Gasteiger partial charge in [-0.25, -0.2) is 9.78 Å². The quantitative estimate of drug-likeness (QED) is 0.605. The van der Waals surface area contributed by atoms with Crippen molar-refractivity contribution in [1.82, 2.24) is 10.3 Å². The molecule has 0 aromatic carbocycles. The largest absolute Gasteiger partial charge is 0.494 e. The molecule has 0 saturated heterocycles. The van der Waals surface area contributed by atoms with Gasteiger partial charge in [-0.3, -0.25) is 4.79 Å². The van der Waals surface area contributed by atoms with Gasteiger partial charge in [0.05, 0.1) is 19.0 Å². The molecule has 0 spiro atoms. The normalized spacial score (nSPS) is 17.8. The molecule has 28 heavy (non-hydrogen) atoms. The third-order valence-corrected chi connectivity index (χ3v) is 5.56. The molecule has 154 valence electrons. The summed E-state index contributed by atoms with van der Waals surface area (Å²) in [5.41, 5.74) is -0.102. The third kappa shape index (κ3) is 5.59. The van der Waals surface area contributed by atoms with Crippen LogP contribution in [-0.4, -0.2) is 35.7 Å². The zero-order chi connectivity index (χ0) is 20.5. The minimum absolute atomic E-state index is 0.137. The van der Waals surface area contributed by atoms with Crippen LogP contribution in [0.5, 0.6) is 5.75 Å². The summed E-state index contributed by atoms with van der Waals surface area (Å²) < 4.78 is 11.2. The Hall–Kier alpha value is -1.83. The molecule has 1 heterocycles. The molecular weight excluding hydrogens is 426 g/mol. The van der Waals surface area contributed by atoms with Gasteiger partial charge in [-0.15, -0.1) is 0 Å². The second-order valence-electron chi connectivity index (χ2n) is 8.58. The van der Waals surface area contributed by atoms with Crippen LogP contribution >= 0.6 is 15.9 Å².